The number of carbonyl (C=O) groups is 1. The van der Waals surface area contributed by atoms with E-state index in [1.54, 1.807) is 6.92 Å². The monoisotopic (exact) mass is 416 g/mol. The molecule has 152 valence electrons. The maximum absolute atomic E-state index is 13.5. The Morgan fingerprint density at radius 1 is 1.32 bits per heavy atom. The fourth-order valence-electron chi connectivity index (χ4n) is 4.72. The van der Waals surface area contributed by atoms with Gasteiger partial charge >= 0.3 is 12.1 Å². The standard InChI is InChI=1S/C18H20ClF3N4O2/c1-2-28-16(27)12-9-3-5-10(6-4-9)13(12)23-15-14-11(18(20,21)22)7-8-26(14)25-17(19)24-15/h7-10,12-13H,2-6H2,1H3,(H,23,24,25). The van der Waals surface area contributed by atoms with Crippen molar-refractivity contribution in [1.29, 1.82) is 0 Å². The van der Waals surface area contributed by atoms with Crippen LogP contribution in [0.25, 0.3) is 5.52 Å². The van der Waals surface area contributed by atoms with Gasteiger partial charge in [-0.1, -0.05) is 0 Å². The van der Waals surface area contributed by atoms with Crippen LogP contribution in [0.15, 0.2) is 12.3 Å². The average Bonchev–Trinajstić information content (AvgIpc) is 3.07. The van der Waals surface area contributed by atoms with Crippen LogP contribution in [0.1, 0.15) is 38.2 Å². The first-order valence-corrected chi connectivity index (χ1v) is 9.72. The number of rotatable bonds is 4. The van der Waals surface area contributed by atoms with E-state index in [0.717, 1.165) is 36.3 Å². The molecule has 6 nitrogen and oxygen atoms in total. The lowest BCUT2D eigenvalue weighted by Crippen LogP contribution is -2.52. The van der Waals surface area contributed by atoms with E-state index in [0.29, 0.717) is 0 Å². The van der Waals surface area contributed by atoms with E-state index in [1.807, 2.05) is 0 Å². The Bertz CT molecular complexity index is 893. The number of aromatic nitrogens is 3. The van der Waals surface area contributed by atoms with Gasteiger partial charge in [0, 0.05) is 12.2 Å². The molecule has 0 spiro atoms. The molecule has 2 bridgehead atoms. The van der Waals surface area contributed by atoms with Crippen LogP contribution in [0.4, 0.5) is 19.0 Å². The van der Waals surface area contributed by atoms with Crippen molar-refractivity contribution in [2.45, 2.75) is 44.8 Å². The third-order valence-corrected chi connectivity index (χ3v) is 6.03. The van der Waals surface area contributed by atoms with Crippen LogP contribution in [0.3, 0.4) is 0 Å². The highest BCUT2D eigenvalue weighted by Crippen LogP contribution is 2.47. The van der Waals surface area contributed by atoms with Gasteiger partial charge in [-0.25, -0.2) is 4.52 Å². The number of hydrogen-bond donors (Lipinski definition) is 1. The summed E-state index contributed by atoms with van der Waals surface area (Å²) in [6.07, 6.45) is 0.318. The topological polar surface area (TPSA) is 68.5 Å². The normalized spacial score (nSPS) is 27.2. The van der Waals surface area contributed by atoms with E-state index < -0.39 is 17.7 Å². The lowest BCUT2D eigenvalue weighted by molar-refractivity contribution is -0.154. The average molecular weight is 417 g/mol. The van der Waals surface area contributed by atoms with Gasteiger partial charge in [0.1, 0.15) is 5.52 Å². The number of nitrogens with one attached hydrogen (secondary N) is 1. The second-order valence-corrected chi connectivity index (χ2v) is 7.71. The molecule has 3 aliphatic carbocycles. The zero-order valence-electron chi connectivity index (χ0n) is 15.2. The first-order valence-electron chi connectivity index (χ1n) is 9.34. The molecule has 5 rings (SSSR count). The van der Waals surface area contributed by atoms with Crippen molar-refractivity contribution in [1.82, 2.24) is 14.6 Å². The Balaban J connectivity index is 1.76. The molecule has 2 aromatic heterocycles. The zero-order chi connectivity index (χ0) is 20.1. The Kier molecular flexibility index (Phi) is 4.89. The Morgan fingerprint density at radius 2 is 2.00 bits per heavy atom. The van der Waals surface area contributed by atoms with Crippen molar-refractivity contribution in [3.8, 4) is 0 Å². The van der Waals surface area contributed by atoms with Gasteiger partial charge in [0.2, 0.25) is 5.28 Å². The lowest BCUT2D eigenvalue weighted by Gasteiger charge is -2.47. The predicted octanol–water partition coefficient (Wildman–Crippen LogP) is 4.18. The van der Waals surface area contributed by atoms with E-state index in [1.165, 1.54) is 6.20 Å². The van der Waals surface area contributed by atoms with Gasteiger partial charge < -0.3 is 10.1 Å². The van der Waals surface area contributed by atoms with Crippen molar-refractivity contribution >= 4 is 28.9 Å². The Morgan fingerprint density at radius 3 is 2.64 bits per heavy atom. The number of halogens is 4. The highest BCUT2D eigenvalue weighted by Gasteiger charge is 2.48. The minimum atomic E-state index is -4.56. The van der Waals surface area contributed by atoms with Crippen LogP contribution in [-0.4, -0.2) is 33.2 Å². The Labute approximate surface area is 164 Å². The number of anilines is 1. The van der Waals surface area contributed by atoms with E-state index in [4.69, 9.17) is 16.3 Å². The summed E-state index contributed by atoms with van der Waals surface area (Å²) in [4.78, 5) is 16.6. The number of carbonyl (C=O) groups excluding carboxylic acids is 1. The largest absolute Gasteiger partial charge is 0.466 e. The van der Waals surface area contributed by atoms with Gasteiger partial charge in [-0.3, -0.25) is 4.79 Å². The molecule has 0 amide bonds. The molecule has 0 saturated heterocycles. The van der Waals surface area contributed by atoms with Crippen LogP contribution in [0.2, 0.25) is 5.28 Å². The summed E-state index contributed by atoms with van der Waals surface area (Å²) in [5.41, 5.74) is -1.04. The first kappa shape index (κ1) is 19.3. The van der Waals surface area contributed by atoms with Gasteiger partial charge in [0.05, 0.1) is 18.1 Å². The third kappa shape index (κ3) is 3.29. The van der Waals surface area contributed by atoms with Crippen LogP contribution < -0.4 is 5.32 Å². The molecule has 0 radical (unpaired) electrons. The summed E-state index contributed by atoms with van der Waals surface area (Å²) >= 11 is 5.94. The van der Waals surface area contributed by atoms with Crippen LogP contribution in [-0.2, 0) is 15.7 Å². The van der Waals surface area contributed by atoms with Crippen molar-refractivity contribution in [2.75, 3.05) is 11.9 Å². The number of ether oxygens (including phenoxy) is 1. The summed E-state index contributed by atoms with van der Waals surface area (Å²) in [7, 11) is 0. The van der Waals surface area contributed by atoms with E-state index in [2.05, 4.69) is 15.4 Å². The van der Waals surface area contributed by atoms with E-state index in [9.17, 15) is 18.0 Å². The summed E-state index contributed by atoms with van der Waals surface area (Å²) < 4.78 is 46.7. The zero-order valence-corrected chi connectivity index (χ0v) is 15.9. The van der Waals surface area contributed by atoms with Gasteiger partial charge in [-0.05, 0) is 62.1 Å². The lowest BCUT2D eigenvalue weighted by atomic mass is 9.61. The summed E-state index contributed by atoms with van der Waals surface area (Å²) in [6, 6.07) is 0.596. The molecule has 2 aromatic rings. The molecule has 10 heteroatoms. The van der Waals surface area contributed by atoms with Crippen LogP contribution >= 0.6 is 11.6 Å². The minimum absolute atomic E-state index is 0.0100. The molecule has 1 N–H and O–H groups in total. The molecule has 3 fully saturated rings. The molecule has 2 unspecified atom stereocenters. The molecule has 0 aromatic carbocycles. The van der Waals surface area contributed by atoms with E-state index >= 15 is 0 Å². The van der Waals surface area contributed by atoms with Crippen LogP contribution in [0.5, 0.6) is 0 Å². The van der Waals surface area contributed by atoms with Gasteiger partial charge in [0.25, 0.3) is 0 Å². The predicted molar refractivity (Wildman–Crippen MR) is 96.0 cm³/mol. The van der Waals surface area contributed by atoms with E-state index in [-0.39, 0.29) is 47.1 Å². The maximum atomic E-state index is 13.5. The van der Waals surface area contributed by atoms with Crippen molar-refractivity contribution < 1.29 is 22.7 Å². The highest BCUT2D eigenvalue weighted by molar-refractivity contribution is 6.28. The Hall–Kier alpha value is -2.03. The summed E-state index contributed by atoms with van der Waals surface area (Å²) in [5, 5.41) is 6.79. The van der Waals surface area contributed by atoms with Crippen molar-refractivity contribution in [3.05, 3.63) is 23.1 Å². The fraction of sp³-hybridized carbons (Fsp3) is 0.611. The number of nitrogens with zero attached hydrogens (tertiary/aromatic N) is 3. The molecule has 0 aliphatic heterocycles. The summed E-state index contributed by atoms with van der Waals surface area (Å²) in [6.45, 7) is 2.01. The second-order valence-electron chi connectivity index (χ2n) is 7.37. The molecular weight excluding hydrogens is 397 g/mol. The number of hydrogen-bond acceptors (Lipinski definition) is 5. The van der Waals surface area contributed by atoms with Crippen molar-refractivity contribution in [3.63, 3.8) is 0 Å². The maximum Gasteiger partial charge on any atom is 0.418 e. The fourth-order valence-corrected chi connectivity index (χ4v) is 4.89. The van der Waals surface area contributed by atoms with Crippen LogP contribution in [0, 0.1) is 17.8 Å². The van der Waals surface area contributed by atoms with Gasteiger partial charge in [-0.15, -0.1) is 5.10 Å². The first-order chi connectivity index (χ1) is 13.3. The molecule has 28 heavy (non-hydrogen) atoms. The number of esters is 1. The molecular formula is C18H20ClF3N4O2. The molecule has 2 heterocycles. The molecule has 2 atom stereocenters. The van der Waals surface area contributed by atoms with Gasteiger partial charge in [0.15, 0.2) is 5.82 Å². The molecule has 3 saturated carbocycles. The number of fused-ring (bicyclic) bond motifs is 4. The SMILES string of the molecule is CCOC(=O)C1C2CCC(CC2)C1Nc1nc(Cl)nn2ccc(C(F)(F)F)c12. The number of alkyl halides is 3. The van der Waals surface area contributed by atoms with Gasteiger partial charge in [-0.2, -0.15) is 18.2 Å². The molecule has 3 aliphatic rings. The third-order valence-electron chi connectivity index (χ3n) is 5.87. The minimum Gasteiger partial charge on any atom is -0.466 e. The quantitative estimate of drug-likeness (QED) is 0.757. The van der Waals surface area contributed by atoms with Crippen molar-refractivity contribution in [2.24, 2.45) is 17.8 Å². The smallest absolute Gasteiger partial charge is 0.418 e. The summed E-state index contributed by atoms with van der Waals surface area (Å²) in [5.74, 6) is -0.409. The second kappa shape index (κ2) is 7.09. The highest BCUT2D eigenvalue weighted by atomic mass is 35.5.